The molecule has 1 aromatic heterocycles. The van der Waals surface area contributed by atoms with Gasteiger partial charge in [0.05, 0.1) is 10.6 Å². The number of tetrazole rings is 1. The highest BCUT2D eigenvalue weighted by molar-refractivity contribution is 7.89. The van der Waals surface area contributed by atoms with E-state index in [1.54, 1.807) is 0 Å². The lowest BCUT2D eigenvalue weighted by Gasteiger charge is -2.10. The highest BCUT2D eigenvalue weighted by Gasteiger charge is 2.21. The molecule has 1 heterocycles. The van der Waals surface area contributed by atoms with Crippen LogP contribution in [0.4, 0.5) is 0 Å². The van der Waals surface area contributed by atoms with Crippen LogP contribution in [-0.2, 0) is 21.2 Å². The molecule has 0 bridgehead atoms. The minimum Gasteiger partial charge on any atom is -0.480 e. The Morgan fingerprint density at radius 2 is 1.79 bits per heavy atom. The van der Waals surface area contributed by atoms with Gasteiger partial charge in [0, 0.05) is 5.56 Å². The second kappa shape index (κ2) is 7.87. The predicted octanol–water partition coefficient (Wildman–Crippen LogP) is 1.64. The summed E-state index contributed by atoms with van der Waals surface area (Å²) in [6.07, 6.45) is 0.940. The molecular weight excluding hydrogens is 382 g/mol. The number of rotatable bonds is 7. The number of hydrogen-bond donors (Lipinski definition) is 2. The number of nitrogens with one attached hydrogen (secondary N) is 1. The summed E-state index contributed by atoms with van der Waals surface area (Å²) in [6, 6.07) is 12.4. The Bertz CT molecular complexity index is 1080. The predicted molar refractivity (Wildman–Crippen MR) is 101 cm³/mol. The number of carboxylic acid groups (broad SMARTS) is 1. The minimum atomic E-state index is -3.94. The summed E-state index contributed by atoms with van der Waals surface area (Å²) in [5.41, 5.74) is 2.56. The van der Waals surface area contributed by atoms with Gasteiger partial charge in [-0.25, -0.2) is 8.42 Å². The Kier molecular flexibility index (Phi) is 5.52. The van der Waals surface area contributed by atoms with Crippen LogP contribution in [0.25, 0.3) is 17.1 Å². The maximum Gasteiger partial charge on any atom is 0.321 e. The Labute approximate surface area is 162 Å². The molecule has 0 spiro atoms. The first kappa shape index (κ1) is 19.6. The zero-order valence-corrected chi connectivity index (χ0v) is 16.1. The van der Waals surface area contributed by atoms with Gasteiger partial charge in [-0.05, 0) is 48.4 Å². The second-order valence-electron chi connectivity index (χ2n) is 6.13. The Balaban J connectivity index is 1.80. The van der Waals surface area contributed by atoms with Crippen molar-refractivity contribution in [2.75, 3.05) is 0 Å². The molecule has 3 aromatic rings. The van der Waals surface area contributed by atoms with Crippen LogP contribution in [-0.4, -0.2) is 45.7 Å². The summed E-state index contributed by atoms with van der Waals surface area (Å²) in [5.74, 6) is -0.803. The van der Waals surface area contributed by atoms with Crippen molar-refractivity contribution in [3.63, 3.8) is 0 Å². The Hall–Kier alpha value is -3.11. The topological polar surface area (TPSA) is 127 Å². The normalized spacial score (nSPS) is 12.6. The maximum atomic E-state index is 12.2. The van der Waals surface area contributed by atoms with Gasteiger partial charge in [-0.2, -0.15) is 4.72 Å². The third kappa shape index (κ3) is 4.24. The number of sulfonamides is 1. The molecule has 0 radical (unpaired) electrons. The van der Waals surface area contributed by atoms with E-state index in [9.17, 15) is 13.2 Å². The zero-order valence-electron chi connectivity index (χ0n) is 15.3. The van der Waals surface area contributed by atoms with Crippen molar-refractivity contribution in [1.29, 1.82) is 0 Å². The number of carbonyl (C=O) groups is 1. The van der Waals surface area contributed by atoms with Gasteiger partial charge < -0.3 is 5.11 Å². The van der Waals surface area contributed by atoms with Gasteiger partial charge in [0.15, 0.2) is 0 Å². The van der Waals surface area contributed by atoms with Crippen molar-refractivity contribution in [3.05, 3.63) is 54.1 Å². The van der Waals surface area contributed by atoms with Crippen LogP contribution in [0.5, 0.6) is 0 Å². The van der Waals surface area contributed by atoms with Crippen molar-refractivity contribution in [2.24, 2.45) is 0 Å². The van der Waals surface area contributed by atoms with Gasteiger partial charge >= 0.3 is 5.97 Å². The lowest BCUT2D eigenvalue weighted by atomic mass is 10.1. The summed E-state index contributed by atoms with van der Waals surface area (Å²) in [6.45, 7) is 3.33. The van der Waals surface area contributed by atoms with Crippen LogP contribution in [0.3, 0.4) is 0 Å². The highest BCUT2D eigenvalue weighted by Crippen LogP contribution is 2.17. The highest BCUT2D eigenvalue weighted by atomic mass is 32.2. The number of benzene rings is 2. The van der Waals surface area contributed by atoms with E-state index >= 15 is 0 Å². The van der Waals surface area contributed by atoms with Gasteiger partial charge in [0.25, 0.3) is 0 Å². The van der Waals surface area contributed by atoms with Crippen molar-refractivity contribution in [2.45, 2.75) is 31.2 Å². The van der Waals surface area contributed by atoms with E-state index in [1.807, 2.05) is 24.3 Å². The first-order valence-corrected chi connectivity index (χ1v) is 10.0. The van der Waals surface area contributed by atoms with Gasteiger partial charge in [0.2, 0.25) is 15.8 Å². The molecule has 1 atom stereocenters. The fraction of sp³-hybridized carbons (Fsp3) is 0.222. The second-order valence-corrected chi connectivity index (χ2v) is 7.84. The van der Waals surface area contributed by atoms with Crippen LogP contribution < -0.4 is 4.72 Å². The maximum absolute atomic E-state index is 12.2. The molecule has 1 unspecified atom stereocenters. The number of aryl methyl sites for hydroxylation is 1. The first-order valence-electron chi connectivity index (χ1n) is 8.55. The van der Waals surface area contributed by atoms with E-state index < -0.39 is 22.0 Å². The number of carboxylic acids is 1. The molecule has 0 aliphatic rings. The molecule has 0 saturated carbocycles. The van der Waals surface area contributed by atoms with Crippen LogP contribution >= 0.6 is 0 Å². The van der Waals surface area contributed by atoms with Crippen LogP contribution in [0, 0.1) is 0 Å². The van der Waals surface area contributed by atoms with Gasteiger partial charge in [-0.15, -0.1) is 15.0 Å². The molecule has 0 amide bonds. The summed E-state index contributed by atoms with van der Waals surface area (Å²) >= 11 is 0. The summed E-state index contributed by atoms with van der Waals surface area (Å²) in [7, 11) is -3.94. The lowest BCUT2D eigenvalue weighted by molar-refractivity contribution is -0.138. The van der Waals surface area contributed by atoms with Crippen LogP contribution in [0.1, 0.15) is 19.4 Å². The monoisotopic (exact) mass is 401 g/mol. The molecule has 2 aromatic carbocycles. The molecule has 9 nitrogen and oxygen atoms in total. The molecule has 2 N–H and O–H groups in total. The van der Waals surface area contributed by atoms with Gasteiger partial charge in [-0.1, -0.05) is 31.2 Å². The largest absolute Gasteiger partial charge is 0.480 e. The van der Waals surface area contributed by atoms with Crippen LogP contribution in [0.2, 0.25) is 0 Å². The van der Waals surface area contributed by atoms with E-state index in [-0.39, 0.29) is 4.90 Å². The zero-order chi connectivity index (χ0) is 20.3. The standard InChI is InChI=1S/C18H19N5O4S/c1-3-13-4-6-14(7-5-13)17-19-22-23(20-17)15-8-10-16(11-9-15)28(26,27)21-12(2)18(24)25/h4-12,21H,3H2,1-2H3,(H,24,25). The van der Waals surface area contributed by atoms with Gasteiger partial charge in [0.1, 0.15) is 6.04 Å². The smallest absolute Gasteiger partial charge is 0.321 e. The molecule has 10 heteroatoms. The van der Waals surface area contributed by atoms with Crippen molar-refractivity contribution in [1.82, 2.24) is 24.9 Å². The van der Waals surface area contributed by atoms with E-state index in [0.717, 1.165) is 12.0 Å². The summed E-state index contributed by atoms with van der Waals surface area (Å²) < 4.78 is 26.5. The Morgan fingerprint density at radius 1 is 1.14 bits per heavy atom. The van der Waals surface area contributed by atoms with E-state index in [4.69, 9.17) is 5.11 Å². The van der Waals surface area contributed by atoms with E-state index in [0.29, 0.717) is 11.5 Å². The van der Waals surface area contributed by atoms with Crippen molar-refractivity contribution < 1.29 is 18.3 Å². The fourth-order valence-electron chi connectivity index (χ4n) is 2.44. The SMILES string of the molecule is CCc1ccc(-c2nnn(-c3ccc(S(=O)(=O)NC(C)C(=O)O)cc3)n2)cc1. The lowest BCUT2D eigenvalue weighted by Crippen LogP contribution is -2.38. The molecule has 146 valence electrons. The summed E-state index contributed by atoms with van der Waals surface area (Å²) in [5, 5.41) is 21.2. The van der Waals surface area contributed by atoms with Gasteiger partial charge in [-0.3, -0.25) is 4.79 Å². The molecular formula is C18H19N5O4S. The molecule has 0 fully saturated rings. The summed E-state index contributed by atoms with van der Waals surface area (Å²) in [4.78, 5) is 12.1. The fourth-order valence-corrected chi connectivity index (χ4v) is 3.64. The molecule has 3 rings (SSSR count). The third-order valence-electron chi connectivity index (χ3n) is 4.11. The van der Waals surface area contributed by atoms with Crippen molar-refractivity contribution >= 4 is 16.0 Å². The minimum absolute atomic E-state index is 0.0557. The van der Waals surface area contributed by atoms with E-state index in [2.05, 4.69) is 27.1 Å². The molecule has 0 aliphatic carbocycles. The third-order valence-corrected chi connectivity index (χ3v) is 5.67. The average Bonchev–Trinajstić information content (AvgIpc) is 3.18. The molecule has 0 aliphatic heterocycles. The molecule has 0 saturated heterocycles. The quantitative estimate of drug-likeness (QED) is 0.616. The number of nitrogens with zero attached hydrogens (tertiary/aromatic N) is 4. The molecule has 28 heavy (non-hydrogen) atoms. The van der Waals surface area contributed by atoms with Crippen molar-refractivity contribution in [3.8, 4) is 17.1 Å². The van der Waals surface area contributed by atoms with Crippen LogP contribution in [0.15, 0.2) is 53.4 Å². The number of hydrogen-bond acceptors (Lipinski definition) is 6. The number of aromatic nitrogens is 4. The average molecular weight is 401 g/mol. The van der Waals surface area contributed by atoms with E-state index in [1.165, 1.54) is 41.5 Å². The number of aliphatic carboxylic acids is 1. The first-order chi connectivity index (χ1) is 13.3. The Morgan fingerprint density at radius 3 is 2.36 bits per heavy atom.